The van der Waals surface area contributed by atoms with Gasteiger partial charge in [0.1, 0.15) is 6.07 Å². The topological polar surface area (TPSA) is 68.7 Å². The summed E-state index contributed by atoms with van der Waals surface area (Å²) in [6.07, 6.45) is 0.969. The maximum Gasteiger partial charge on any atom is 0.224 e. The maximum atomic E-state index is 12.5. The molecule has 28 heavy (non-hydrogen) atoms. The SMILES string of the molecule is Cc1ccc2[nH]c(-c3cccs3)c(CCC(=O)Nc3ccccc3C#N)c2c1. The largest absolute Gasteiger partial charge is 0.354 e. The number of aryl methyl sites for hydroxylation is 2. The molecule has 2 aromatic carbocycles. The number of H-pyrrole nitrogens is 1. The lowest BCUT2D eigenvalue weighted by molar-refractivity contribution is -0.116. The average molecular weight is 385 g/mol. The van der Waals surface area contributed by atoms with E-state index in [9.17, 15) is 10.1 Å². The van der Waals surface area contributed by atoms with Gasteiger partial charge in [-0.15, -0.1) is 11.3 Å². The quantitative estimate of drug-likeness (QED) is 0.466. The van der Waals surface area contributed by atoms with Gasteiger partial charge in [-0.2, -0.15) is 5.26 Å². The zero-order valence-electron chi connectivity index (χ0n) is 15.5. The van der Waals surface area contributed by atoms with E-state index in [1.54, 1.807) is 29.5 Å². The first-order valence-electron chi connectivity index (χ1n) is 9.10. The van der Waals surface area contributed by atoms with Crippen molar-refractivity contribution in [1.29, 1.82) is 5.26 Å². The normalized spacial score (nSPS) is 10.7. The molecule has 2 heterocycles. The average Bonchev–Trinajstić information content (AvgIpc) is 3.34. The molecular weight excluding hydrogens is 366 g/mol. The van der Waals surface area contributed by atoms with E-state index in [0.717, 1.165) is 22.2 Å². The van der Waals surface area contributed by atoms with Crippen LogP contribution in [0, 0.1) is 18.3 Å². The Hall–Kier alpha value is -3.36. The number of carbonyl (C=O) groups excluding carboxylic acids is 1. The number of carbonyl (C=O) groups is 1. The number of nitrogens with zero attached hydrogens (tertiary/aromatic N) is 1. The van der Waals surface area contributed by atoms with Gasteiger partial charge in [-0.25, -0.2) is 0 Å². The predicted octanol–water partition coefficient (Wildman–Crippen LogP) is 5.65. The van der Waals surface area contributed by atoms with Gasteiger partial charge >= 0.3 is 0 Å². The lowest BCUT2D eigenvalue weighted by Gasteiger charge is -2.08. The van der Waals surface area contributed by atoms with Gasteiger partial charge in [0, 0.05) is 17.3 Å². The summed E-state index contributed by atoms with van der Waals surface area (Å²) in [6, 6.07) is 19.6. The number of rotatable bonds is 5. The third kappa shape index (κ3) is 3.55. The van der Waals surface area contributed by atoms with Crippen molar-refractivity contribution < 1.29 is 4.79 Å². The molecule has 2 N–H and O–H groups in total. The van der Waals surface area contributed by atoms with Crippen LogP contribution in [0.4, 0.5) is 5.69 Å². The Morgan fingerprint density at radius 1 is 1.18 bits per heavy atom. The number of nitriles is 1. The number of nitrogens with one attached hydrogen (secondary N) is 2. The first-order chi connectivity index (χ1) is 13.7. The van der Waals surface area contributed by atoms with Gasteiger partial charge in [-0.05, 0) is 54.6 Å². The second kappa shape index (κ2) is 7.71. The molecule has 4 nitrogen and oxygen atoms in total. The number of hydrogen-bond donors (Lipinski definition) is 2. The molecule has 0 spiro atoms. The Bertz CT molecular complexity index is 1180. The Morgan fingerprint density at radius 3 is 2.82 bits per heavy atom. The summed E-state index contributed by atoms with van der Waals surface area (Å²) in [6.45, 7) is 2.08. The summed E-state index contributed by atoms with van der Waals surface area (Å²) in [5.74, 6) is -0.0955. The lowest BCUT2D eigenvalue weighted by Crippen LogP contribution is -2.13. The standard InChI is InChI=1S/C23H19N3OS/c1-15-8-10-20-18(13-15)17(23(26-20)21-7-4-12-28-21)9-11-22(27)25-19-6-3-2-5-16(19)14-24/h2-8,10,12-13,26H,9,11H2,1H3,(H,25,27). The van der Waals surface area contributed by atoms with Crippen LogP contribution in [-0.2, 0) is 11.2 Å². The summed E-state index contributed by atoms with van der Waals surface area (Å²) in [5, 5.41) is 15.3. The molecular formula is C23H19N3OS. The van der Waals surface area contributed by atoms with Gasteiger partial charge < -0.3 is 10.3 Å². The van der Waals surface area contributed by atoms with Crippen LogP contribution in [0.25, 0.3) is 21.5 Å². The minimum Gasteiger partial charge on any atom is -0.354 e. The van der Waals surface area contributed by atoms with Crippen LogP contribution >= 0.6 is 11.3 Å². The second-order valence-corrected chi connectivity index (χ2v) is 7.66. The van der Waals surface area contributed by atoms with E-state index in [2.05, 4.69) is 52.9 Å². The predicted molar refractivity (Wildman–Crippen MR) is 114 cm³/mol. The number of benzene rings is 2. The number of fused-ring (bicyclic) bond motifs is 1. The van der Waals surface area contributed by atoms with E-state index in [1.165, 1.54) is 10.4 Å². The molecule has 0 bridgehead atoms. The third-order valence-electron chi connectivity index (χ3n) is 4.75. The number of aromatic nitrogens is 1. The fourth-order valence-electron chi connectivity index (χ4n) is 3.39. The highest BCUT2D eigenvalue weighted by Crippen LogP contribution is 2.34. The fourth-order valence-corrected chi connectivity index (χ4v) is 4.15. The Morgan fingerprint density at radius 2 is 2.04 bits per heavy atom. The van der Waals surface area contributed by atoms with E-state index in [-0.39, 0.29) is 5.91 Å². The molecule has 4 aromatic rings. The van der Waals surface area contributed by atoms with Crippen molar-refractivity contribution in [3.8, 4) is 16.6 Å². The fraction of sp³-hybridized carbons (Fsp3) is 0.130. The zero-order valence-corrected chi connectivity index (χ0v) is 16.3. The van der Waals surface area contributed by atoms with Gasteiger partial charge in [0.05, 0.1) is 21.8 Å². The van der Waals surface area contributed by atoms with Crippen molar-refractivity contribution in [3.63, 3.8) is 0 Å². The van der Waals surface area contributed by atoms with E-state index >= 15 is 0 Å². The van der Waals surface area contributed by atoms with Gasteiger partial charge in [-0.3, -0.25) is 4.79 Å². The highest BCUT2D eigenvalue weighted by atomic mass is 32.1. The summed E-state index contributed by atoms with van der Waals surface area (Å²) < 4.78 is 0. The maximum absolute atomic E-state index is 12.5. The van der Waals surface area contributed by atoms with Crippen molar-refractivity contribution in [2.24, 2.45) is 0 Å². The van der Waals surface area contributed by atoms with E-state index in [4.69, 9.17) is 0 Å². The molecule has 0 saturated carbocycles. The summed E-state index contributed by atoms with van der Waals surface area (Å²) >= 11 is 1.68. The van der Waals surface area contributed by atoms with Crippen LogP contribution in [0.3, 0.4) is 0 Å². The molecule has 0 aliphatic carbocycles. The third-order valence-corrected chi connectivity index (χ3v) is 5.64. The smallest absolute Gasteiger partial charge is 0.224 e. The molecule has 5 heteroatoms. The van der Waals surface area contributed by atoms with Crippen molar-refractivity contribution in [2.45, 2.75) is 19.8 Å². The monoisotopic (exact) mass is 385 g/mol. The molecule has 4 rings (SSSR count). The first kappa shape index (κ1) is 18.0. The van der Waals surface area contributed by atoms with Crippen LogP contribution in [0.15, 0.2) is 60.0 Å². The van der Waals surface area contributed by atoms with Crippen molar-refractivity contribution >= 4 is 33.8 Å². The Kier molecular flexibility index (Phi) is 4.96. The minimum absolute atomic E-state index is 0.0955. The summed E-state index contributed by atoms with van der Waals surface area (Å²) in [4.78, 5) is 17.2. The second-order valence-electron chi connectivity index (χ2n) is 6.71. The molecule has 0 saturated heterocycles. The van der Waals surface area contributed by atoms with Gasteiger partial charge in [-0.1, -0.05) is 29.8 Å². The van der Waals surface area contributed by atoms with Gasteiger partial charge in [0.15, 0.2) is 0 Å². The molecule has 0 atom stereocenters. The molecule has 0 fully saturated rings. The molecule has 0 unspecified atom stereocenters. The van der Waals surface area contributed by atoms with E-state index < -0.39 is 0 Å². The molecule has 2 aromatic heterocycles. The number of hydrogen-bond acceptors (Lipinski definition) is 3. The highest BCUT2D eigenvalue weighted by Gasteiger charge is 2.16. The lowest BCUT2D eigenvalue weighted by atomic mass is 10.0. The Labute approximate surface area is 167 Å². The zero-order chi connectivity index (χ0) is 19.5. The number of para-hydroxylation sites is 1. The van der Waals surface area contributed by atoms with Crippen molar-refractivity contribution in [1.82, 2.24) is 4.98 Å². The summed E-state index contributed by atoms with van der Waals surface area (Å²) in [7, 11) is 0. The number of anilines is 1. The molecule has 0 aliphatic heterocycles. The van der Waals surface area contributed by atoms with Crippen LogP contribution in [-0.4, -0.2) is 10.9 Å². The van der Waals surface area contributed by atoms with Crippen LogP contribution in [0.1, 0.15) is 23.1 Å². The van der Waals surface area contributed by atoms with Crippen LogP contribution < -0.4 is 5.32 Å². The van der Waals surface area contributed by atoms with Crippen molar-refractivity contribution in [3.05, 3.63) is 76.7 Å². The molecule has 0 radical (unpaired) electrons. The van der Waals surface area contributed by atoms with E-state index in [1.807, 2.05) is 12.1 Å². The molecule has 0 aliphatic rings. The summed E-state index contributed by atoms with van der Waals surface area (Å²) in [5.41, 5.74) is 5.55. The Balaban J connectivity index is 1.61. The number of thiophene rings is 1. The number of aromatic amines is 1. The van der Waals surface area contributed by atoms with Crippen molar-refractivity contribution in [2.75, 3.05) is 5.32 Å². The number of amides is 1. The van der Waals surface area contributed by atoms with Crippen LogP contribution in [0.5, 0.6) is 0 Å². The first-order valence-corrected chi connectivity index (χ1v) is 9.98. The van der Waals surface area contributed by atoms with Gasteiger partial charge in [0.25, 0.3) is 0 Å². The minimum atomic E-state index is -0.0955. The van der Waals surface area contributed by atoms with Gasteiger partial charge in [0.2, 0.25) is 5.91 Å². The highest BCUT2D eigenvalue weighted by molar-refractivity contribution is 7.13. The van der Waals surface area contributed by atoms with E-state index in [0.29, 0.717) is 24.1 Å². The van der Waals surface area contributed by atoms with Crippen LogP contribution in [0.2, 0.25) is 0 Å². The molecule has 138 valence electrons. The molecule has 1 amide bonds.